The lowest BCUT2D eigenvalue weighted by atomic mass is 9.85. The SMILES string of the molecule is Cc1ccc2cc(-c3c4ccccc4c(-c4cccc(-c5ccc6ccccc6c5)c4)c4ccccc34)ccc2c1. The molecular formula is C41H28. The molecule has 0 saturated carbocycles. The van der Waals surface area contributed by atoms with Gasteiger partial charge in [0.15, 0.2) is 0 Å². The lowest BCUT2D eigenvalue weighted by molar-refractivity contribution is 1.51. The van der Waals surface area contributed by atoms with Crippen LogP contribution in [0.15, 0.2) is 152 Å². The van der Waals surface area contributed by atoms with E-state index in [0.717, 1.165) is 0 Å². The van der Waals surface area contributed by atoms with Crippen LogP contribution < -0.4 is 0 Å². The summed E-state index contributed by atoms with van der Waals surface area (Å²) in [7, 11) is 0. The van der Waals surface area contributed by atoms with Crippen LogP contribution in [-0.4, -0.2) is 0 Å². The quantitative estimate of drug-likeness (QED) is 0.203. The summed E-state index contributed by atoms with van der Waals surface area (Å²) < 4.78 is 0. The Hall–Kier alpha value is -5.20. The molecule has 0 bridgehead atoms. The normalized spacial score (nSPS) is 11.5. The maximum atomic E-state index is 2.36. The van der Waals surface area contributed by atoms with Crippen molar-refractivity contribution >= 4 is 43.1 Å². The Morgan fingerprint density at radius 3 is 1.44 bits per heavy atom. The Kier molecular flexibility index (Phi) is 5.47. The van der Waals surface area contributed by atoms with Crippen LogP contribution in [0.2, 0.25) is 0 Å². The zero-order chi connectivity index (χ0) is 27.3. The van der Waals surface area contributed by atoms with E-state index in [2.05, 4.69) is 159 Å². The average Bonchev–Trinajstić information content (AvgIpc) is 3.03. The molecule has 0 unspecified atom stereocenters. The summed E-state index contributed by atoms with van der Waals surface area (Å²) in [6.45, 7) is 2.15. The minimum atomic E-state index is 1.23. The van der Waals surface area contributed by atoms with Crippen LogP contribution >= 0.6 is 0 Å². The molecule has 8 aromatic rings. The molecule has 0 fully saturated rings. The van der Waals surface area contributed by atoms with Crippen LogP contribution in [0.4, 0.5) is 0 Å². The van der Waals surface area contributed by atoms with Gasteiger partial charge in [-0.05, 0) is 102 Å². The van der Waals surface area contributed by atoms with Gasteiger partial charge in [0, 0.05) is 0 Å². The van der Waals surface area contributed by atoms with Gasteiger partial charge in [0.05, 0.1) is 0 Å². The van der Waals surface area contributed by atoms with Gasteiger partial charge in [-0.15, -0.1) is 0 Å². The van der Waals surface area contributed by atoms with E-state index in [9.17, 15) is 0 Å². The molecular weight excluding hydrogens is 492 g/mol. The van der Waals surface area contributed by atoms with Gasteiger partial charge in [-0.1, -0.05) is 139 Å². The summed E-state index contributed by atoms with van der Waals surface area (Å²) >= 11 is 0. The molecule has 0 amide bonds. The first kappa shape index (κ1) is 23.7. The van der Waals surface area contributed by atoms with E-state index in [1.807, 2.05) is 0 Å². The van der Waals surface area contributed by atoms with Gasteiger partial charge >= 0.3 is 0 Å². The third-order valence-corrected chi connectivity index (χ3v) is 8.45. The number of hydrogen-bond donors (Lipinski definition) is 0. The molecule has 8 rings (SSSR count). The van der Waals surface area contributed by atoms with Crippen molar-refractivity contribution in [2.24, 2.45) is 0 Å². The minimum Gasteiger partial charge on any atom is -0.0616 e. The molecule has 41 heavy (non-hydrogen) atoms. The van der Waals surface area contributed by atoms with Crippen LogP contribution in [0.3, 0.4) is 0 Å². The molecule has 0 heterocycles. The second-order valence-electron chi connectivity index (χ2n) is 11.0. The second-order valence-corrected chi connectivity index (χ2v) is 11.0. The third-order valence-electron chi connectivity index (χ3n) is 8.45. The van der Waals surface area contributed by atoms with Crippen molar-refractivity contribution in [1.82, 2.24) is 0 Å². The zero-order valence-corrected chi connectivity index (χ0v) is 22.9. The van der Waals surface area contributed by atoms with Crippen LogP contribution in [0.25, 0.3) is 76.5 Å². The number of aryl methyl sites for hydroxylation is 1. The van der Waals surface area contributed by atoms with Gasteiger partial charge in [0.25, 0.3) is 0 Å². The molecule has 0 N–H and O–H groups in total. The van der Waals surface area contributed by atoms with Crippen molar-refractivity contribution in [3.63, 3.8) is 0 Å². The highest BCUT2D eigenvalue weighted by Gasteiger charge is 2.17. The highest BCUT2D eigenvalue weighted by atomic mass is 14.2. The Bertz CT molecular complexity index is 2210. The smallest absolute Gasteiger partial charge is 0.00262 e. The monoisotopic (exact) mass is 520 g/mol. The van der Waals surface area contributed by atoms with E-state index >= 15 is 0 Å². The predicted molar refractivity (Wildman–Crippen MR) is 178 cm³/mol. The van der Waals surface area contributed by atoms with Crippen LogP contribution in [0, 0.1) is 6.92 Å². The summed E-state index contributed by atoms with van der Waals surface area (Å²) in [5, 5.41) is 10.2. The van der Waals surface area contributed by atoms with Crippen LogP contribution in [0.1, 0.15) is 5.56 Å². The van der Waals surface area contributed by atoms with Gasteiger partial charge in [0.2, 0.25) is 0 Å². The Balaban J connectivity index is 1.38. The van der Waals surface area contributed by atoms with E-state index in [1.54, 1.807) is 0 Å². The molecule has 0 heteroatoms. The topological polar surface area (TPSA) is 0 Å². The van der Waals surface area contributed by atoms with Gasteiger partial charge < -0.3 is 0 Å². The molecule has 0 aliphatic rings. The fraction of sp³-hybridized carbons (Fsp3) is 0.0244. The second kappa shape index (κ2) is 9.47. The molecule has 0 aromatic heterocycles. The van der Waals surface area contributed by atoms with Crippen molar-refractivity contribution in [3.05, 3.63) is 157 Å². The van der Waals surface area contributed by atoms with Crippen molar-refractivity contribution in [3.8, 4) is 33.4 Å². The molecule has 0 nitrogen and oxygen atoms in total. The fourth-order valence-electron chi connectivity index (χ4n) is 6.49. The predicted octanol–water partition coefficient (Wildman–Crippen LogP) is 11.6. The molecule has 0 aliphatic heterocycles. The number of rotatable bonds is 3. The molecule has 0 aliphatic carbocycles. The first-order valence-corrected chi connectivity index (χ1v) is 14.3. The van der Waals surface area contributed by atoms with E-state index in [4.69, 9.17) is 0 Å². The maximum absolute atomic E-state index is 2.36. The summed E-state index contributed by atoms with van der Waals surface area (Å²) in [4.78, 5) is 0. The fourth-order valence-corrected chi connectivity index (χ4v) is 6.49. The summed E-state index contributed by atoms with van der Waals surface area (Å²) in [6.07, 6.45) is 0. The molecule has 0 spiro atoms. The van der Waals surface area contributed by atoms with E-state index < -0.39 is 0 Å². The lowest BCUT2D eigenvalue weighted by Gasteiger charge is -2.18. The van der Waals surface area contributed by atoms with Crippen molar-refractivity contribution in [1.29, 1.82) is 0 Å². The first-order valence-electron chi connectivity index (χ1n) is 14.3. The summed E-state index contributed by atoms with van der Waals surface area (Å²) in [5.41, 5.74) is 8.84. The maximum Gasteiger partial charge on any atom is -0.00262 e. The standard InChI is InChI=1S/C41H28/c1-27-17-18-32-26-35(22-21-31(32)23-27)41-38-15-6-4-13-36(38)40(37-14-5-7-16-39(37)41)34-12-8-11-30(25-34)33-20-19-28-9-2-3-10-29(28)24-33/h2-26H,1H3. The number of hydrogen-bond acceptors (Lipinski definition) is 0. The van der Waals surface area contributed by atoms with Crippen LogP contribution in [0.5, 0.6) is 0 Å². The Morgan fingerprint density at radius 2 is 0.732 bits per heavy atom. The number of benzene rings is 8. The average molecular weight is 521 g/mol. The van der Waals surface area contributed by atoms with Crippen LogP contribution in [-0.2, 0) is 0 Å². The Morgan fingerprint density at radius 1 is 0.293 bits per heavy atom. The minimum absolute atomic E-state index is 1.23. The molecule has 8 aromatic carbocycles. The first-order chi connectivity index (χ1) is 20.2. The van der Waals surface area contributed by atoms with Gasteiger partial charge in [-0.2, -0.15) is 0 Å². The largest absolute Gasteiger partial charge is 0.0616 e. The van der Waals surface area contributed by atoms with Crippen molar-refractivity contribution in [2.75, 3.05) is 0 Å². The zero-order valence-electron chi connectivity index (χ0n) is 22.9. The van der Waals surface area contributed by atoms with Crippen molar-refractivity contribution in [2.45, 2.75) is 6.92 Å². The molecule has 0 atom stereocenters. The van der Waals surface area contributed by atoms with E-state index in [1.165, 1.54) is 82.0 Å². The summed E-state index contributed by atoms with van der Waals surface area (Å²) in [6, 6.07) is 55.8. The highest BCUT2D eigenvalue weighted by molar-refractivity contribution is 6.21. The van der Waals surface area contributed by atoms with Gasteiger partial charge in [0.1, 0.15) is 0 Å². The number of fused-ring (bicyclic) bond motifs is 4. The molecule has 0 radical (unpaired) electrons. The van der Waals surface area contributed by atoms with E-state index in [-0.39, 0.29) is 0 Å². The lowest BCUT2D eigenvalue weighted by Crippen LogP contribution is -1.91. The Labute approximate surface area is 240 Å². The third kappa shape index (κ3) is 4.00. The molecule has 192 valence electrons. The van der Waals surface area contributed by atoms with Gasteiger partial charge in [-0.3, -0.25) is 0 Å². The molecule has 0 saturated heterocycles. The van der Waals surface area contributed by atoms with E-state index in [0.29, 0.717) is 0 Å². The highest BCUT2D eigenvalue weighted by Crippen LogP contribution is 2.44. The summed E-state index contributed by atoms with van der Waals surface area (Å²) in [5.74, 6) is 0. The van der Waals surface area contributed by atoms with Crippen molar-refractivity contribution < 1.29 is 0 Å². The van der Waals surface area contributed by atoms with Gasteiger partial charge in [-0.25, -0.2) is 0 Å².